The second-order valence-corrected chi connectivity index (χ2v) is 6.49. The van der Waals surface area contributed by atoms with Crippen molar-refractivity contribution < 1.29 is 4.79 Å². The number of hydrogen-bond donors (Lipinski definition) is 1. The van der Waals surface area contributed by atoms with E-state index in [0.717, 1.165) is 44.7 Å². The topological polar surface area (TPSA) is 59.4 Å². The van der Waals surface area contributed by atoms with Gasteiger partial charge in [-0.1, -0.05) is 0 Å². The van der Waals surface area contributed by atoms with Crippen LogP contribution >= 0.6 is 0 Å². The minimum atomic E-state index is 0.0241. The maximum Gasteiger partial charge on any atom is 0.159 e. The number of Topliss-reactive ketones (excluding diaryl/α,β-unsaturated/α-hetero) is 1. The van der Waals surface area contributed by atoms with Crippen LogP contribution in [0.25, 0.3) is 0 Å². The molecule has 0 atom stereocenters. The molecule has 0 aliphatic carbocycles. The molecule has 23 heavy (non-hydrogen) atoms. The van der Waals surface area contributed by atoms with E-state index in [-0.39, 0.29) is 5.78 Å². The summed E-state index contributed by atoms with van der Waals surface area (Å²) in [6.45, 7) is 5.87. The summed E-state index contributed by atoms with van der Waals surface area (Å²) in [5.41, 5.74) is 2.03. The molecule has 1 heterocycles. The summed E-state index contributed by atoms with van der Waals surface area (Å²) in [5.74, 6) is 0.0241. The van der Waals surface area contributed by atoms with Gasteiger partial charge >= 0.3 is 0 Å². The second-order valence-electron chi connectivity index (χ2n) is 6.49. The van der Waals surface area contributed by atoms with E-state index in [2.05, 4.69) is 35.3 Å². The van der Waals surface area contributed by atoms with Crippen molar-refractivity contribution in [2.45, 2.75) is 25.8 Å². The lowest BCUT2D eigenvalue weighted by molar-refractivity contribution is 0.101. The van der Waals surface area contributed by atoms with Crippen LogP contribution in [0.5, 0.6) is 0 Å². The Bertz CT molecular complexity index is 583. The number of ketones is 1. The molecule has 1 aliphatic heterocycles. The number of likely N-dealkylation sites (N-methyl/N-ethyl adjacent to an activating group) is 1. The van der Waals surface area contributed by atoms with Gasteiger partial charge in [0.1, 0.15) is 6.07 Å². The quantitative estimate of drug-likeness (QED) is 0.816. The number of carbonyl (C=O) groups excluding carboxylic acids is 1. The van der Waals surface area contributed by atoms with Crippen LogP contribution in [0.4, 0.5) is 5.69 Å². The van der Waals surface area contributed by atoms with Gasteiger partial charge in [-0.2, -0.15) is 5.26 Å². The maximum atomic E-state index is 11.5. The summed E-state index contributed by atoms with van der Waals surface area (Å²) >= 11 is 0. The number of anilines is 1. The first-order chi connectivity index (χ1) is 11.0. The summed E-state index contributed by atoms with van der Waals surface area (Å²) in [7, 11) is 4.19. The number of nitrogens with zero attached hydrogens (tertiary/aromatic N) is 3. The number of piperidine rings is 1. The summed E-state index contributed by atoms with van der Waals surface area (Å²) < 4.78 is 0. The Labute approximate surface area is 138 Å². The van der Waals surface area contributed by atoms with Crippen molar-refractivity contribution in [3.8, 4) is 6.07 Å². The van der Waals surface area contributed by atoms with E-state index in [4.69, 9.17) is 0 Å². The lowest BCUT2D eigenvalue weighted by atomic mass is 10.0. The molecule has 0 amide bonds. The van der Waals surface area contributed by atoms with E-state index >= 15 is 0 Å². The molecule has 0 bridgehead atoms. The molecular weight excluding hydrogens is 288 g/mol. The Kier molecular flexibility index (Phi) is 6.14. The van der Waals surface area contributed by atoms with Crippen molar-refractivity contribution in [3.63, 3.8) is 0 Å². The number of likely N-dealkylation sites (tertiary alicyclic amines) is 1. The molecule has 2 rings (SSSR count). The molecule has 1 aliphatic rings. The highest BCUT2D eigenvalue weighted by molar-refractivity contribution is 5.95. The SMILES string of the molecule is CC(=O)c1ccc(C#N)c(NC2CCN(CCN(C)C)CC2)c1. The summed E-state index contributed by atoms with van der Waals surface area (Å²) in [6.07, 6.45) is 2.12. The van der Waals surface area contributed by atoms with Crippen LogP contribution in [0.15, 0.2) is 18.2 Å². The van der Waals surface area contributed by atoms with Crippen LogP contribution in [0.2, 0.25) is 0 Å². The second kappa shape index (κ2) is 8.09. The fourth-order valence-corrected chi connectivity index (χ4v) is 2.84. The average Bonchev–Trinajstić information content (AvgIpc) is 2.54. The van der Waals surface area contributed by atoms with Crippen LogP contribution < -0.4 is 5.32 Å². The van der Waals surface area contributed by atoms with Gasteiger partial charge in [0.2, 0.25) is 0 Å². The number of carbonyl (C=O) groups is 1. The molecule has 0 aromatic heterocycles. The van der Waals surface area contributed by atoms with Crippen LogP contribution in [0, 0.1) is 11.3 Å². The number of rotatable bonds is 6. The van der Waals surface area contributed by atoms with Gasteiger partial charge in [0.05, 0.1) is 11.3 Å². The number of hydrogen-bond acceptors (Lipinski definition) is 5. The van der Waals surface area contributed by atoms with Gasteiger partial charge in [-0.15, -0.1) is 0 Å². The van der Waals surface area contributed by atoms with Gasteiger partial charge in [-0.25, -0.2) is 0 Å². The van der Waals surface area contributed by atoms with E-state index in [1.54, 1.807) is 25.1 Å². The van der Waals surface area contributed by atoms with E-state index in [0.29, 0.717) is 17.2 Å². The van der Waals surface area contributed by atoms with Crippen molar-refractivity contribution in [3.05, 3.63) is 29.3 Å². The van der Waals surface area contributed by atoms with Gasteiger partial charge in [-0.05, 0) is 52.1 Å². The van der Waals surface area contributed by atoms with Gasteiger partial charge in [-0.3, -0.25) is 4.79 Å². The fraction of sp³-hybridized carbons (Fsp3) is 0.556. The first-order valence-electron chi connectivity index (χ1n) is 8.18. The molecule has 0 unspecified atom stereocenters. The molecule has 1 N–H and O–H groups in total. The fourth-order valence-electron chi connectivity index (χ4n) is 2.84. The average molecular weight is 314 g/mol. The van der Waals surface area contributed by atoms with Crippen LogP contribution in [0.3, 0.4) is 0 Å². The molecule has 1 aromatic rings. The predicted molar refractivity (Wildman–Crippen MR) is 92.8 cm³/mol. The van der Waals surface area contributed by atoms with Crippen molar-refractivity contribution in [1.29, 1.82) is 5.26 Å². The minimum absolute atomic E-state index is 0.0241. The van der Waals surface area contributed by atoms with Crippen molar-refractivity contribution in [2.24, 2.45) is 0 Å². The maximum absolute atomic E-state index is 11.5. The first kappa shape index (κ1) is 17.5. The number of nitriles is 1. The highest BCUT2D eigenvalue weighted by Gasteiger charge is 2.20. The highest BCUT2D eigenvalue weighted by Crippen LogP contribution is 2.22. The zero-order valence-electron chi connectivity index (χ0n) is 14.3. The lowest BCUT2D eigenvalue weighted by Crippen LogP contribution is -2.41. The normalized spacial score (nSPS) is 16.3. The van der Waals surface area contributed by atoms with Crippen LogP contribution in [-0.4, -0.2) is 61.9 Å². The Morgan fingerprint density at radius 1 is 1.39 bits per heavy atom. The van der Waals surface area contributed by atoms with Crippen molar-refractivity contribution in [1.82, 2.24) is 9.80 Å². The Morgan fingerprint density at radius 2 is 2.09 bits per heavy atom. The Balaban J connectivity index is 1.94. The molecule has 124 valence electrons. The zero-order valence-corrected chi connectivity index (χ0v) is 14.3. The van der Waals surface area contributed by atoms with Gasteiger partial charge in [0.15, 0.2) is 5.78 Å². The molecule has 5 nitrogen and oxygen atoms in total. The lowest BCUT2D eigenvalue weighted by Gasteiger charge is -2.33. The Morgan fingerprint density at radius 3 is 2.65 bits per heavy atom. The third kappa shape index (κ3) is 5.05. The molecule has 1 saturated heterocycles. The molecule has 0 spiro atoms. The Hall–Kier alpha value is -1.90. The van der Waals surface area contributed by atoms with Crippen molar-refractivity contribution in [2.75, 3.05) is 45.6 Å². The van der Waals surface area contributed by atoms with Crippen LogP contribution in [0.1, 0.15) is 35.7 Å². The minimum Gasteiger partial charge on any atom is -0.381 e. The van der Waals surface area contributed by atoms with E-state index in [9.17, 15) is 10.1 Å². The molecular formula is C18H26N4O. The summed E-state index contributed by atoms with van der Waals surface area (Å²) in [5, 5.41) is 12.7. The molecule has 0 radical (unpaired) electrons. The third-order valence-corrected chi connectivity index (χ3v) is 4.36. The molecule has 1 aromatic carbocycles. The number of nitrogens with one attached hydrogen (secondary N) is 1. The zero-order chi connectivity index (χ0) is 16.8. The molecule has 5 heteroatoms. The standard InChI is InChI=1S/C18H26N4O/c1-14(23)15-4-5-16(13-19)18(12-15)20-17-6-8-22(9-7-17)11-10-21(2)3/h4-5,12,17,20H,6-11H2,1-3H3. The van der Waals surface area contributed by atoms with Gasteiger partial charge in [0, 0.05) is 37.8 Å². The van der Waals surface area contributed by atoms with Gasteiger partial charge < -0.3 is 15.1 Å². The summed E-state index contributed by atoms with van der Waals surface area (Å²) in [4.78, 5) is 16.2. The third-order valence-electron chi connectivity index (χ3n) is 4.36. The van der Waals surface area contributed by atoms with E-state index in [1.807, 2.05) is 0 Å². The monoisotopic (exact) mass is 314 g/mol. The van der Waals surface area contributed by atoms with Crippen LogP contribution in [-0.2, 0) is 0 Å². The van der Waals surface area contributed by atoms with Crippen molar-refractivity contribution >= 4 is 11.5 Å². The highest BCUT2D eigenvalue weighted by atomic mass is 16.1. The number of benzene rings is 1. The first-order valence-corrected chi connectivity index (χ1v) is 8.18. The molecule has 1 fully saturated rings. The predicted octanol–water partition coefficient (Wildman–Crippen LogP) is 2.20. The smallest absolute Gasteiger partial charge is 0.159 e. The molecule has 0 saturated carbocycles. The van der Waals surface area contributed by atoms with Gasteiger partial charge in [0.25, 0.3) is 0 Å². The largest absolute Gasteiger partial charge is 0.381 e. The van der Waals surface area contributed by atoms with E-state index in [1.165, 1.54) is 0 Å². The summed E-state index contributed by atoms with van der Waals surface area (Å²) in [6, 6.07) is 7.81. The van der Waals surface area contributed by atoms with E-state index < -0.39 is 0 Å².